The standard InChI is InChI=1S/C9H7NO.C9H8O2.C9H12O.C8H8O.C3H6O2.C2H5O.4C2H6.CH4.ClH.H3NO.2Na/c2*10-7-6-9(11)8-4-2-1-3-5-8;1-2-9(10)8-6-4-3-5-7-8;1-7(9)8-5-3-2-4-6-8;1-2-5-3-4;1-2-3;4*1-2;;;1-2;;/h1-5H,6H2;1-7,10H;3-7,9-10H,2H2,1H3;2-6H,1H3;3H,2H2,1H3;2H2,1H3;4*1-2H3;1H4;1H;2H,1H2;;/q;;;;;-1;;;;;;;;2*+1/p-1/b;7-6-;;;;;;;;;;;;;. The fourth-order valence-electron chi connectivity index (χ4n) is 3.21. The Labute approximate surface area is 432 Å². The number of hydrogen-bond acceptors (Lipinski definition) is 11. The zero-order valence-electron chi connectivity index (χ0n) is 39.9. The Morgan fingerprint density at radius 2 is 1.02 bits per heavy atom. The number of nitrogens with zero attached hydrogens (tertiary/aromatic N) is 1. The molecular weight excluding hydrogens is 842 g/mol. The third-order valence-electron chi connectivity index (χ3n) is 5.60. The van der Waals surface area contributed by atoms with Crippen molar-refractivity contribution in [2.45, 2.75) is 109 Å². The van der Waals surface area contributed by atoms with Crippen LogP contribution in [0.5, 0.6) is 0 Å². The Balaban J connectivity index is -0.0000000556. The van der Waals surface area contributed by atoms with Gasteiger partial charge in [0.25, 0.3) is 6.47 Å². The Hall–Kier alpha value is -3.48. The fourth-order valence-corrected chi connectivity index (χ4v) is 3.21. The van der Waals surface area contributed by atoms with Gasteiger partial charge in [-0.3, -0.25) is 19.2 Å². The largest absolute Gasteiger partial charge is 1.00 e. The van der Waals surface area contributed by atoms with Crippen LogP contribution >= 0.6 is 12.4 Å². The molecule has 0 aliphatic rings. The number of nitrogens with two attached hydrogens (primary N) is 1. The molecule has 63 heavy (non-hydrogen) atoms. The van der Waals surface area contributed by atoms with Gasteiger partial charge in [0.15, 0.2) is 17.3 Å². The maximum atomic E-state index is 11.0. The number of ketones is 3. The molecule has 0 saturated carbocycles. The van der Waals surface area contributed by atoms with E-state index >= 15 is 0 Å². The number of carbonyl (C=O) groups excluding carboxylic acids is 4. The van der Waals surface area contributed by atoms with E-state index in [0.29, 0.717) is 30.5 Å². The minimum Gasteiger partial charge on any atom is -0.878 e. The summed E-state index contributed by atoms with van der Waals surface area (Å²) in [5.74, 6) is 3.25. The molecule has 4 N–H and O–H groups in total. The van der Waals surface area contributed by atoms with Gasteiger partial charge in [-0.15, -0.1) is 25.3 Å². The second-order valence-electron chi connectivity index (χ2n) is 9.25. The van der Waals surface area contributed by atoms with Gasteiger partial charge < -0.3 is 25.3 Å². The van der Waals surface area contributed by atoms with Crippen molar-refractivity contribution < 1.29 is 104 Å². The zero-order chi connectivity index (χ0) is 47.1. The number of carbonyl (C=O) groups is 4. The second kappa shape index (κ2) is 79.0. The van der Waals surface area contributed by atoms with E-state index in [2.05, 4.69) is 10.6 Å². The van der Waals surface area contributed by atoms with Crippen LogP contribution in [0.4, 0.5) is 0 Å². The molecule has 1 unspecified atom stereocenters. The molecule has 0 radical (unpaired) electrons. The maximum absolute atomic E-state index is 11.0. The van der Waals surface area contributed by atoms with Gasteiger partial charge in [-0.1, -0.05) is 198 Å². The van der Waals surface area contributed by atoms with Crippen LogP contribution in [0, 0.1) is 11.3 Å². The second-order valence-corrected chi connectivity index (χ2v) is 9.25. The van der Waals surface area contributed by atoms with Crippen molar-refractivity contribution in [3.05, 3.63) is 156 Å². The van der Waals surface area contributed by atoms with Crippen molar-refractivity contribution in [3.8, 4) is 6.07 Å². The van der Waals surface area contributed by atoms with E-state index in [1.807, 2.05) is 141 Å². The van der Waals surface area contributed by atoms with Gasteiger partial charge in [-0.05, 0) is 31.9 Å². The molecule has 0 amide bonds. The number of hydrogen-bond donors (Lipinski definition) is 3. The predicted molar refractivity (Wildman–Crippen MR) is 253 cm³/mol. The first kappa shape index (κ1) is 86.6. The summed E-state index contributed by atoms with van der Waals surface area (Å²) in [5.41, 5.74) is 2.93. The first-order chi connectivity index (χ1) is 28.7. The van der Waals surface area contributed by atoms with Crippen LogP contribution in [-0.4, -0.2) is 47.3 Å². The molecule has 0 heterocycles. The van der Waals surface area contributed by atoms with Crippen molar-refractivity contribution in [1.29, 1.82) is 5.26 Å². The number of aliphatic hydroxyl groups excluding tert-OH is 1. The van der Waals surface area contributed by atoms with Gasteiger partial charge in [0.2, 0.25) is 0 Å². The third-order valence-corrected chi connectivity index (χ3v) is 5.60. The molecule has 0 saturated heterocycles. The summed E-state index contributed by atoms with van der Waals surface area (Å²) in [4.78, 5) is 41.8. The minimum absolute atomic E-state index is 0. The van der Waals surface area contributed by atoms with E-state index < -0.39 is 0 Å². The van der Waals surface area contributed by atoms with E-state index in [1.165, 1.54) is 0 Å². The SMILES string of the molecule is C.CC.CC.CC.CC.CC(=O)c1ccccc1.CCC(O)c1ccccc1.CCOC=O.CC[O-].Cl.N#CCC(=O)c1ccccc1.NO.O=C(/C=C\[O-])c1ccccc1.[Na+].[Na+]. The van der Waals surface area contributed by atoms with Crippen molar-refractivity contribution in [2.75, 3.05) is 13.2 Å². The number of Topliss-reactive ketones (excluding diaryl/α,β-unsaturated/α-hetero) is 2. The number of ether oxygens (including phenoxy) is 1. The van der Waals surface area contributed by atoms with Crippen molar-refractivity contribution in [1.82, 2.24) is 0 Å². The van der Waals surface area contributed by atoms with E-state index in [-0.39, 0.29) is 115 Å². The number of rotatable bonds is 9. The molecule has 0 bridgehead atoms. The number of halogens is 1. The molecule has 0 aliphatic heterocycles. The average Bonchev–Trinajstić information content (AvgIpc) is 3.32. The molecule has 0 fully saturated rings. The summed E-state index contributed by atoms with van der Waals surface area (Å²) in [5, 5.41) is 42.9. The Morgan fingerprint density at radius 1 is 0.698 bits per heavy atom. The van der Waals surface area contributed by atoms with Gasteiger partial charge in [0, 0.05) is 16.7 Å². The van der Waals surface area contributed by atoms with Crippen molar-refractivity contribution in [3.63, 3.8) is 0 Å². The molecule has 4 rings (SSSR count). The topological polar surface area (TPSA) is 214 Å². The van der Waals surface area contributed by atoms with Crippen LogP contribution in [-0.2, 0) is 9.53 Å². The van der Waals surface area contributed by atoms with Gasteiger partial charge >= 0.3 is 59.1 Å². The van der Waals surface area contributed by atoms with E-state index in [1.54, 1.807) is 69.3 Å². The third kappa shape index (κ3) is 62.9. The van der Waals surface area contributed by atoms with Gasteiger partial charge in [-0.25, -0.2) is 5.90 Å². The van der Waals surface area contributed by atoms with Crippen molar-refractivity contribution in [2.24, 2.45) is 5.90 Å². The van der Waals surface area contributed by atoms with Crippen LogP contribution < -0.4 is 75.2 Å². The summed E-state index contributed by atoms with van der Waals surface area (Å²) in [6, 6.07) is 38.2. The normalized spacial score (nSPS) is 7.92. The molecule has 4 aromatic carbocycles. The maximum Gasteiger partial charge on any atom is 1.00 e. The van der Waals surface area contributed by atoms with E-state index in [9.17, 15) is 29.4 Å². The molecular formula is C49H77ClN2Na2O9. The van der Waals surface area contributed by atoms with Crippen molar-refractivity contribution >= 4 is 36.2 Å². The number of nitriles is 1. The molecule has 0 aliphatic carbocycles. The fraction of sp³-hybridized carbons (Fsp3) is 0.367. The quantitative estimate of drug-likeness (QED) is 0.0527. The van der Waals surface area contributed by atoms with Gasteiger partial charge in [0.05, 0.1) is 25.2 Å². The van der Waals surface area contributed by atoms with Crippen LogP contribution in [0.1, 0.15) is 146 Å². The van der Waals surface area contributed by atoms with Crippen LogP contribution in [0.15, 0.2) is 134 Å². The molecule has 0 spiro atoms. The summed E-state index contributed by atoms with van der Waals surface area (Å²) in [6.07, 6.45) is 1.96. The molecule has 14 heteroatoms. The van der Waals surface area contributed by atoms with Gasteiger partial charge in [-0.2, -0.15) is 5.26 Å². The van der Waals surface area contributed by atoms with Gasteiger partial charge in [0.1, 0.15) is 0 Å². The first-order valence-electron chi connectivity index (χ1n) is 19.7. The minimum atomic E-state index is -0.291. The zero-order valence-corrected chi connectivity index (χ0v) is 44.7. The number of benzene rings is 4. The molecule has 346 valence electrons. The van der Waals surface area contributed by atoms with Crippen LogP contribution in [0.2, 0.25) is 0 Å². The smallest absolute Gasteiger partial charge is 0.878 e. The first-order valence-corrected chi connectivity index (χ1v) is 19.7. The molecule has 1 atom stereocenters. The van der Waals surface area contributed by atoms with E-state index in [4.69, 9.17) is 15.6 Å². The molecule has 4 aromatic rings. The van der Waals surface area contributed by atoms with Crippen LogP contribution in [0.25, 0.3) is 0 Å². The Morgan fingerprint density at radius 3 is 1.25 bits per heavy atom. The van der Waals surface area contributed by atoms with E-state index in [0.717, 1.165) is 23.6 Å². The predicted octanol–water partition coefficient (Wildman–Crippen LogP) is 4.60. The summed E-state index contributed by atoms with van der Waals surface area (Å²) < 4.78 is 4.15. The average molecular weight is 920 g/mol. The summed E-state index contributed by atoms with van der Waals surface area (Å²) >= 11 is 0. The summed E-state index contributed by atoms with van der Waals surface area (Å²) in [7, 11) is 0. The Kier molecular flexibility index (Phi) is 109. The molecule has 0 aromatic heterocycles. The van der Waals surface area contributed by atoms with Crippen LogP contribution in [0.3, 0.4) is 0 Å². The number of aliphatic hydroxyl groups is 1. The molecule has 11 nitrogen and oxygen atoms in total. The monoisotopic (exact) mass is 919 g/mol. The number of allylic oxidation sites excluding steroid dienone is 1. The summed E-state index contributed by atoms with van der Waals surface area (Å²) in [6.45, 7) is 23.8. The Bertz CT molecular complexity index is 1500.